The van der Waals surface area contributed by atoms with E-state index in [0.717, 1.165) is 77.0 Å². The van der Waals surface area contributed by atoms with Crippen LogP contribution in [0.5, 0.6) is 0 Å². The average Bonchev–Trinajstić information content (AvgIpc) is 3.70. The highest BCUT2D eigenvalue weighted by atomic mass is 16.5. The van der Waals surface area contributed by atoms with E-state index in [1.165, 1.54) is 32.1 Å². The second-order valence-electron chi connectivity index (χ2n) is 22.7. The van der Waals surface area contributed by atoms with Gasteiger partial charge in [-0.1, -0.05) is 41.5 Å². The maximum Gasteiger partial charge on any atom is 0.306 e. The van der Waals surface area contributed by atoms with Crippen molar-refractivity contribution in [2.24, 2.45) is 92.7 Å². The third-order valence-electron chi connectivity index (χ3n) is 20.9. The molecule has 7 heteroatoms. The number of carboxylic acids is 1. The van der Waals surface area contributed by atoms with E-state index in [4.69, 9.17) is 4.74 Å². The van der Waals surface area contributed by atoms with Crippen LogP contribution in [0.4, 0.5) is 0 Å². The van der Waals surface area contributed by atoms with Crippen LogP contribution in [0.1, 0.15) is 170 Å². The number of rotatable bonds is 9. The average molecular weight is 767 g/mol. The standard InChI is InChI=1S/C48H78O7/c1-27(7-17-43(52)53)35-13-15-38-34-12-10-30-24-32(20-22-46(30,4)40(34)26-42(51)47(35,38)5)55-44(54)18-8-28(2)36-14-16-37-33-11-9-29-23-31(49)19-21-45(29,3)39(33)25-41(50)48(36,37)6/h27-42,49-51H,7-26H2,1-6H3,(H,52,53)/t27-,28-,29?,30-,31+,32-,33?,34+,35-,36-,37+,38+,39?,40+,41-,42+,45+,46+,47-,48-/m1/s1. The lowest BCUT2D eigenvalue weighted by Crippen LogP contribution is -2.59. The van der Waals surface area contributed by atoms with Gasteiger partial charge in [0.15, 0.2) is 0 Å². The highest BCUT2D eigenvalue weighted by Gasteiger charge is 2.65. The van der Waals surface area contributed by atoms with Gasteiger partial charge >= 0.3 is 11.9 Å². The first-order valence-corrected chi connectivity index (χ1v) is 23.5. The minimum atomic E-state index is -0.720. The Hall–Kier alpha value is -1.18. The molecule has 55 heavy (non-hydrogen) atoms. The van der Waals surface area contributed by atoms with E-state index < -0.39 is 5.97 Å². The second kappa shape index (κ2) is 14.8. The van der Waals surface area contributed by atoms with Gasteiger partial charge in [0, 0.05) is 12.8 Å². The molecule has 0 aromatic carbocycles. The molecule has 0 bridgehead atoms. The summed E-state index contributed by atoms with van der Waals surface area (Å²) in [5, 5.41) is 43.7. The van der Waals surface area contributed by atoms with Crippen molar-refractivity contribution in [2.75, 3.05) is 0 Å². The molecule has 0 spiro atoms. The van der Waals surface area contributed by atoms with Crippen LogP contribution in [-0.2, 0) is 14.3 Å². The Bertz CT molecular complexity index is 1430. The molecule has 0 radical (unpaired) electrons. The smallest absolute Gasteiger partial charge is 0.306 e. The molecule has 8 rings (SSSR count). The number of ether oxygens (including phenoxy) is 1. The molecule has 0 heterocycles. The highest BCUT2D eigenvalue weighted by molar-refractivity contribution is 5.69. The Morgan fingerprint density at radius 2 is 1.09 bits per heavy atom. The Morgan fingerprint density at radius 1 is 0.600 bits per heavy atom. The van der Waals surface area contributed by atoms with Crippen LogP contribution >= 0.6 is 0 Å². The molecule has 0 saturated heterocycles. The van der Waals surface area contributed by atoms with E-state index >= 15 is 0 Å². The van der Waals surface area contributed by atoms with Crippen LogP contribution in [0.2, 0.25) is 0 Å². The van der Waals surface area contributed by atoms with Crippen LogP contribution in [0.25, 0.3) is 0 Å². The SMILES string of the molecule is C[C@H](CCC(=O)O)[C@H]1CC[C@H]2[C@@H]3CC[C@@H]4C[C@H](OC(=O)CC[C@@H](C)[C@H]5CC[C@H]6C7CCC8C[C@@H](O)CC[C@]8(C)C7C[C@@H](O)[C@]56C)CC[C@]4(C)[C@H]3C[C@H](O)[C@]12C. The number of aliphatic carboxylic acids is 1. The minimum Gasteiger partial charge on any atom is -0.481 e. The fourth-order valence-corrected chi connectivity index (χ4v) is 17.8. The normalized spacial score (nSPS) is 52.7. The molecular weight excluding hydrogens is 689 g/mol. The summed E-state index contributed by atoms with van der Waals surface area (Å²) in [6, 6.07) is 0. The Morgan fingerprint density at radius 3 is 1.62 bits per heavy atom. The van der Waals surface area contributed by atoms with Crippen molar-refractivity contribution in [2.45, 2.75) is 194 Å². The summed E-state index contributed by atoms with van der Waals surface area (Å²) in [6.45, 7) is 14.3. The maximum absolute atomic E-state index is 13.5. The van der Waals surface area contributed by atoms with E-state index in [0.29, 0.717) is 83.9 Å². The summed E-state index contributed by atoms with van der Waals surface area (Å²) in [4.78, 5) is 24.9. The minimum absolute atomic E-state index is 0.00923. The zero-order valence-electron chi connectivity index (χ0n) is 35.4. The summed E-state index contributed by atoms with van der Waals surface area (Å²) in [5.41, 5.74) is 0.199. The van der Waals surface area contributed by atoms with E-state index in [-0.39, 0.29) is 58.5 Å². The first-order valence-electron chi connectivity index (χ1n) is 23.5. The predicted molar refractivity (Wildman–Crippen MR) is 214 cm³/mol. The second-order valence-corrected chi connectivity index (χ2v) is 22.7. The molecule has 20 atom stereocenters. The van der Waals surface area contributed by atoms with E-state index in [1.54, 1.807) is 0 Å². The van der Waals surface area contributed by atoms with Gasteiger partial charge < -0.3 is 25.2 Å². The van der Waals surface area contributed by atoms with E-state index in [2.05, 4.69) is 41.5 Å². The zero-order chi connectivity index (χ0) is 39.2. The first kappa shape index (κ1) is 40.6. The Labute approximate surface area is 332 Å². The molecule has 8 fully saturated rings. The van der Waals surface area contributed by atoms with Gasteiger partial charge in [0.05, 0.1) is 18.3 Å². The predicted octanol–water partition coefficient (Wildman–Crippen LogP) is 9.44. The maximum atomic E-state index is 13.5. The molecule has 0 aliphatic heterocycles. The molecular formula is C48H78O7. The van der Waals surface area contributed by atoms with E-state index in [9.17, 15) is 30.0 Å². The number of aliphatic hydroxyl groups excluding tert-OH is 3. The molecule has 8 aliphatic carbocycles. The Kier molecular flexibility index (Phi) is 10.9. The van der Waals surface area contributed by atoms with Gasteiger partial charge in [-0.3, -0.25) is 9.59 Å². The van der Waals surface area contributed by atoms with Crippen molar-refractivity contribution < 1.29 is 34.8 Å². The van der Waals surface area contributed by atoms with Gasteiger partial charge in [-0.2, -0.15) is 0 Å². The van der Waals surface area contributed by atoms with Gasteiger partial charge in [-0.15, -0.1) is 0 Å². The topological polar surface area (TPSA) is 124 Å². The summed E-state index contributed by atoms with van der Waals surface area (Å²) < 4.78 is 6.32. The Balaban J connectivity index is 0.846. The molecule has 4 N–H and O–H groups in total. The van der Waals surface area contributed by atoms with Crippen molar-refractivity contribution in [1.82, 2.24) is 0 Å². The summed E-state index contributed by atoms with van der Waals surface area (Å²) in [5.74, 6) is 5.27. The third-order valence-corrected chi connectivity index (χ3v) is 20.9. The van der Waals surface area contributed by atoms with Crippen molar-refractivity contribution >= 4 is 11.9 Å². The van der Waals surface area contributed by atoms with Crippen molar-refractivity contribution in [1.29, 1.82) is 0 Å². The van der Waals surface area contributed by atoms with Gasteiger partial charge in [0.25, 0.3) is 0 Å². The largest absolute Gasteiger partial charge is 0.481 e. The number of hydrogen-bond acceptors (Lipinski definition) is 6. The lowest BCUT2D eigenvalue weighted by atomic mass is 9.43. The molecule has 3 unspecified atom stereocenters. The van der Waals surface area contributed by atoms with Gasteiger partial charge in [0.1, 0.15) is 6.10 Å². The number of esters is 1. The summed E-state index contributed by atoms with van der Waals surface area (Å²) in [6.07, 6.45) is 18.5. The lowest BCUT2D eigenvalue weighted by molar-refractivity contribution is -0.182. The van der Waals surface area contributed by atoms with Gasteiger partial charge in [0.2, 0.25) is 0 Å². The number of hydrogen-bond donors (Lipinski definition) is 4. The quantitative estimate of drug-likeness (QED) is 0.173. The highest BCUT2D eigenvalue weighted by Crippen LogP contribution is 2.70. The molecule has 0 aromatic heterocycles. The first-order chi connectivity index (χ1) is 26.0. The third kappa shape index (κ3) is 6.50. The number of aliphatic hydroxyl groups is 3. The van der Waals surface area contributed by atoms with Gasteiger partial charge in [-0.05, 0) is 208 Å². The van der Waals surface area contributed by atoms with Crippen LogP contribution < -0.4 is 0 Å². The fourth-order valence-electron chi connectivity index (χ4n) is 17.8. The zero-order valence-corrected chi connectivity index (χ0v) is 35.4. The number of carboxylic acid groups (broad SMARTS) is 1. The van der Waals surface area contributed by atoms with Crippen molar-refractivity contribution in [3.8, 4) is 0 Å². The van der Waals surface area contributed by atoms with Gasteiger partial charge in [-0.25, -0.2) is 0 Å². The summed E-state index contributed by atoms with van der Waals surface area (Å²) >= 11 is 0. The van der Waals surface area contributed by atoms with Crippen LogP contribution in [-0.4, -0.2) is 56.8 Å². The van der Waals surface area contributed by atoms with E-state index in [1.807, 2.05) is 0 Å². The molecule has 7 nitrogen and oxygen atoms in total. The van der Waals surface area contributed by atoms with Crippen LogP contribution in [0.15, 0.2) is 0 Å². The summed E-state index contributed by atoms with van der Waals surface area (Å²) in [7, 11) is 0. The van der Waals surface area contributed by atoms with Crippen molar-refractivity contribution in [3.63, 3.8) is 0 Å². The molecule has 312 valence electrons. The van der Waals surface area contributed by atoms with Crippen LogP contribution in [0, 0.1) is 92.7 Å². The monoisotopic (exact) mass is 767 g/mol. The number of carbonyl (C=O) groups excluding carboxylic acids is 1. The number of carbonyl (C=O) groups is 2. The molecule has 8 saturated carbocycles. The van der Waals surface area contributed by atoms with Crippen LogP contribution in [0.3, 0.4) is 0 Å². The molecule has 0 aromatic rings. The van der Waals surface area contributed by atoms with Crippen molar-refractivity contribution in [3.05, 3.63) is 0 Å². The molecule has 0 amide bonds. The fraction of sp³-hybridized carbons (Fsp3) is 0.958. The lowest BCUT2D eigenvalue weighted by Gasteiger charge is -2.62. The number of fused-ring (bicyclic) bond motifs is 10. The molecule has 8 aliphatic rings.